The zero-order chi connectivity index (χ0) is 9.84. The lowest BCUT2D eigenvalue weighted by Gasteiger charge is -2.05. The molecule has 0 saturated carbocycles. The summed E-state index contributed by atoms with van der Waals surface area (Å²) in [4.78, 5) is 2.78. The second kappa shape index (κ2) is 4.65. The molecule has 3 nitrogen and oxygen atoms in total. The summed E-state index contributed by atoms with van der Waals surface area (Å²) in [6.07, 6.45) is 0.840. The molecule has 0 aliphatic heterocycles. The maximum atomic E-state index is 8.36. The van der Waals surface area contributed by atoms with Crippen molar-refractivity contribution in [1.29, 1.82) is 0 Å². The SMILES string of the molecule is CCc1cc(Br)cc(Br)c1N=[N+]=[N-]. The summed E-state index contributed by atoms with van der Waals surface area (Å²) in [5, 5.41) is 3.63. The topological polar surface area (TPSA) is 48.8 Å². The molecule has 0 bridgehead atoms. The third kappa shape index (κ3) is 2.46. The van der Waals surface area contributed by atoms with Crippen LogP contribution in [0.1, 0.15) is 12.5 Å². The van der Waals surface area contributed by atoms with E-state index in [4.69, 9.17) is 5.53 Å². The number of azide groups is 1. The fourth-order valence-electron chi connectivity index (χ4n) is 1.05. The minimum Gasteiger partial charge on any atom is -0.0613 e. The number of hydrogen-bond donors (Lipinski definition) is 0. The highest BCUT2D eigenvalue weighted by Crippen LogP contribution is 2.33. The molecule has 0 atom stereocenters. The van der Waals surface area contributed by atoms with Crippen LogP contribution in [0.25, 0.3) is 10.4 Å². The van der Waals surface area contributed by atoms with E-state index in [1.165, 1.54) is 0 Å². The van der Waals surface area contributed by atoms with Gasteiger partial charge in [0.2, 0.25) is 0 Å². The van der Waals surface area contributed by atoms with Gasteiger partial charge in [-0.1, -0.05) is 43.9 Å². The first-order chi connectivity index (χ1) is 6.19. The molecular weight excluding hydrogens is 298 g/mol. The van der Waals surface area contributed by atoms with Crippen molar-refractivity contribution in [3.05, 3.63) is 37.1 Å². The van der Waals surface area contributed by atoms with Gasteiger partial charge in [0.1, 0.15) is 0 Å². The summed E-state index contributed by atoms with van der Waals surface area (Å²) >= 11 is 6.72. The van der Waals surface area contributed by atoms with Crippen molar-refractivity contribution in [2.24, 2.45) is 5.11 Å². The van der Waals surface area contributed by atoms with Crippen molar-refractivity contribution in [3.63, 3.8) is 0 Å². The molecular formula is C8H7Br2N3. The van der Waals surface area contributed by atoms with Crippen LogP contribution < -0.4 is 0 Å². The van der Waals surface area contributed by atoms with Crippen LogP contribution in [0.3, 0.4) is 0 Å². The number of aryl methyl sites for hydroxylation is 1. The van der Waals surface area contributed by atoms with Crippen LogP contribution in [-0.2, 0) is 6.42 Å². The maximum absolute atomic E-state index is 8.36. The van der Waals surface area contributed by atoms with E-state index in [9.17, 15) is 0 Å². The van der Waals surface area contributed by atoms with E-state index in [1.807, 2.05) is 19.1 Å². The Balaban J connectivity index is 3.37. The second-order valence-corrected chi connectivity index (χ2v) is 4.21. The van der Waals surface area contributed by atoms with Crippen LogP contribution in [0.15, 0.2) is 26.2 Å². The molecule has 0 fully saturated rings. The van der Waals surface area contributed by atoms with Crippen LogP contribution in [0.2, 0.25) is 0 Å². The Kier molecular flexibility index (Phi) is 3.78. The Hall–Kier alpha value is -0.510. The standard InChI is InChI=1S/C8H7Br2N3/c1-2-5-3-6(9)4-7(10)8(5)12-13-11/h3-4H,2H2,1H3. The lowest BCUT2D eigenvalue weighted by Crippen LogP contribution is -1.82. The van der Waals surface area contributed by atoms with Crippen molar-refractivity contribution >= 4 is 37.5 Å². The second-order valence-electron chi connectivity index (χ2n) is 2.44. The van der Waals surface area contributed by atoms with Gasteiger partial charge in [0, 0.05) is 13.9 Å². The van der Waals surface area contributed by atoms with E-state index >= 15 is 0 Å². The number of nitrogens with zero attached hydrogens (tertiary/aromatic N) is 3. The zero-order valence-electron chi connectivity index (χ0n) is 6.96. The van der Waals surface area contributed by atoms with E-state index in [0.29, 0.717) is 5.69 Å². The van der Waals surface area contributed by atoms with Gasteiger partial charge in [-0.05, 0) is 29.6 Å². The average molecular weight is 305 g/mol. The number of hydrogen-bond acceptors (Lipinski definition) is 1. The van der Waals surface area contributed by atoms with Crippen LogP contribution in [0.4, 0.5) is 5.69 Å². The molecule has 68 valence electrons. The van der Waals surface area contributed by atoms with Crippen LogP contribution in [0.5, 0.6) is 0 Å². The Morgan fingerprint density at radius 1 is 1.46 bits per heavy atom. The van der Waals surface area contributed by atoms with Gasteiger partial charge < -0.3 is 0 Å². The van der Waals surface area contributed by atoms with Gasteiger partial charge in [-0.15, -0.1) is 0 Å². The third-order valence-electron chi connectivity index (χ3n) is 1.63. The summed E-state index contributed by atoms with van der Waals surface area (Å²) in [5.41, 5.74) is 10.1. The van der Waals surface area contributed by atoms with Gasteiger partial charge in [-0.25, -0.2) is 0 Å². The summed E-state index contributed by atoms with van der Waals surface area (Å²) in [7, 11) is 0. The number of benzene rings is 1. The summed E-state index contributed by atoms with van der Waals surface area (Å²) in [5.74, 6) is 0. The van der Waals surface area contributed by atoms with Gasteiger partial charge in [-0.2, -0.15) is 0 Å². The first-order valence-electron chi connectivity index (χ1n) is 3.72. The van der Waals surface area contributed by atoms with Crippen molar-refractivity contribution < 1.29 is 0 Å². The molecule has 0 radical (unpaired) electrons. The first kappa shape index (κ1) is 10.6. The van der Waals surface area contributed by atoms with Crippen LogP contribution in [-0.4, -0.2) is 0 Å². The molecule has 1 rings (SSSR count). The molecule has 5 heteroatoms. The fraction of sp³-hybridized carbons (Fsp3) is 0.250. The van der Waals surface area contributed by atoms with Gasteiger partial charge in [0.15, 0.2) is 0 Å². The minimum atomic E-state index is 0.674. The maximum Gasteiger partial charge on any atom is 0.0550 e. The molecule has 0 aliphatic rings. The highest BCUT2D eigenvalue weighted by molar-refractivity contribution is 9.11. The molecule has 0 aromatic heterocycles. The Morgan fingerprint density at radius 2 is 2.15 bits per heavy atom. The molecule has 1 aromatic carbocycles. The van der Waals surface area contributed by atoms with Crippen molar-refractivity contribution in [3.8, 4) is 0 Å². The molecule has 0 spiro atoms. The highest BCUT2D eigenvalue weighted by atomic mass is 79.9. The summed E-state index contributed by atoms with van der Waals surface area (Å²) in [6, 6.07) is 3.82. The lowest BCUT2D eigenvalue weighted by atomic mass is 10.1. The molecule has 0 N–H and O–H groups in total. The van der Waals surface area contributed by atoms with E-state index in [1.54, 1.807) is 0 Å². The number of halogens is 2. The Labute approximate surface area is 93.0 Å². The Morgan fingerprint density at radius 3 is 2.69 bits per heavy atom. The van der Waals surface area contributed by atoms with Crippen LogP contribution in [0, 0.1) is 0 Å². The average Bonchev–Trinajstić information content (AvgIpc) is 2.09. The van der Waals surface area contributed by atoms with E-state index in [0.717, 1.165) is 20.9 Å². The molecule has 1 aromatic rings. The van der Waals surface area contributed by atoms with Crippen LogP contribution >= 0.6 is 31.9 Å². The van der Waals surface area contributed by atoms with Gasteiger partial charge in [0.25, 0.3) is 0 Å². The van der Waals surface area contributed by atoms with Gasteiger partial charge in [-0.3, -0.25) is 0 Å². The fourth-order valence-corrected chi connectivity index (χ4v) is 2.44. The van der Waals surface area contributed by atoms with E-state index in [2.05, 4.69) is 41.9 Å². The quantitative estimate of drug-likeness (QED) is 0.431. The van der Waals surface area contributed by atoms with E-state index < -0.39 is 0 Å². The summed E-state index contributed by atoms with van der Waals surface area (Å²) in [6.45, 7) is 2.02. The Bertz CT molecular complexity index is 370. The largest absolute Gasteiger partial charge is 0.0613 e. The molecule has 0 amide bonds. The molecule has 0 aliphatic carbocycles. The van der Waals surface area contributed by atoms with Gasteiger partial charge >= 0.3 is 0 Å². The smallest absolute Gasteiger partial charge is 0.0550 e. The minimum absolute atomic E-state index is 0.674. The normalized spacial score (nSPS) is 9.46. The highest BCUT2D eigenvalue weighted by Gasteiger charge is 2.04. The van der Waals surface area contributed by atoms with Gasteiger partial charge in [0.05, 0.1) is 5.69 Å². The zero-order valence-corrected chi connectivity index (χ0v) is 10.1. The van der Waals surface area contributed by atoms with Crippen molar-refractivity contribution in [2.75, 3.05) is 0 Å². The van der Waals surface area contributed by atoms with Crippen molar-refractivity contribution in [1.82, 2.24) is 0 Å². The molecule has 0 saturated heterocycles. The summed E-state index contributed by atoms with van der Waals surface area (Å²) < 4.78 is 1.80. The molecule has 0 heterocycles. The molecule has 0 unspecified atom stereocenters. The number of rotatable bonds is 2. The lowest BCUT2D eigenvalue weighted by molar-refractivity contribution is 1.12. The first-order valence-corrected chi connectivity index (χ1v) is 5.30. The third-order valence-corrected chi connectivity index (χ3v) is 2.70. The molecule has 13 heavy (non-hydrogen) atoms. The van der Waals surface area contributed by atoms with E-state index in [-0.39, 0.29) is 0 Å². The predicted octanol–water partition coefficient (Wildman–Crippen LogP) is 4.72. The predicted molar refractivity (Wildman–Crippen MR) is 60.0 cm³/mol. The van der Waals surface area contributed by atoms with Crippen molar-refractivity contribution in [2.45, 2.75) is 13.3 Å². The monoisotopic (exact) mass is 303 g/mol.